The van der Waals surface area contributed by atoms with Crippen LogP contribution in [-0.2, 0) is 0 Å². The van der Waals surface area contributed by atoms with E-state index in [9.17, 15) is 8.78 Å². The lowest BCUT2D eigenvalue weighted by Crippen LogP contribution is -2.11. The van der Waals surface area contributed by atoms with Crippen LogP contribution < -0.4 is 0 Å². The lowest BCUT2D eigenvalue weighted by molar-refractivity contribution is 0.215. The van der Waals surface area contributed by atoms with Crippen LogP contribution in [0, 0.1) is 0 Å². The summed E-state index contributed by atoms with van der Waals surface area (Å²) in [6.07, 6.45) is -2.75. The second-order valence-corrected chi connectivity index (χ2v) is 2.15. The van der Waals surface area contributed by atoms with Crippen LogP contribution in [0.3, 0.4) is 0 Å². The van der Waals surface area contributed by atoms with Gasteiger partial charge in [0.05, 0.1) is 0 Å². The Bertz CT molecular complexity index is 272. The van der Waals surface area contributed by atoms with E-state index in [4.69, 9.17) is 5.21 Å². The molecule has 2 nitrogen and oxygen atoms in total. The largest absolute Gasteiger partial charge is 0.410 e. The molecule has 1 rings (SSSR count). The van der Waals surface area contributed by atoms with E-state index in [1.54, 1.807) is 18.2 Å². The molecule has 0 aliphatic carbocycles. The molecular weight excluding hydrogens is 164 g/mol. The first-order chi connectivity index (χ1) is 5.75. The van der Waals surface area contributed by atoms with Crippen molar-refractivity contribution in [1.82, 2.24) is 0 Å². The number of oxime groups is 1. The van der Waals surface area contributed by atoms with Gasteiger partial charge in [-0.15, -0.1) is 0 Å². The van der Waals surface area contributed by atoms with Crippen LogP contribution in [-0.4, -0.2) is 17.3 Å². The molecule has 1 aromatic rings. The standard InChI is InChI=1S/C8H7F2NO/c9-8(10)7(11-12)6-4-2-1-3-5-6/h1-5,8,12H. The zero-order valence-corrected chi connectivity index (χ0v) is 6.11. The third kappa shape index (κ3) is 1.78. The van der Waals surface area contributed by atoms with E-state index in [1.165, 1.54) is 12.1 Å². The van der Waals surface area contributed by atoms with Crippen molar-refractivity contribution in [1.29, 1.82) is 0 Å². The van der Waals surface area contributed by atoms with E-state index < -0.39 is 12.1 Å². The Kier molecular flexibility index (Phi) is 2.74. The van der Waals surface area contributed by atoms with E-state index in [-0.39, 0.29) is 5.56 Å². The minimum absolute atomic E-state index is 0.231. The molecule has 0 fully saturated rings. The molecule has 64 valence electrons. The van der Waals surface area contributed by atoms with Crippen molar-refractivity contribution in [3.05, 3.63) is 35.9 Å². The summed E-state index contributed by atoms with van der Waals surface area (Å²) < 4.78 is 24.2. The Morgan fingerprint density at radius 1 is 1.25 bits per heavy atom. The first-order valence-corrected chi connectivity index (χ1v) is 3.31. The van der Waals surface area contributed by atoms with E-state index in [2.05, 4.69) is 5.16 Å². The number of hydrogen-bond donors (Lipinski definition) is 1. The smallest absolute Gasteiger partial charge is 0.284 e. The number of rotatable bonds is 2. The van der Waals surface area contributed by atoms with Gasteiger partial charge < -0.3 is 5.21 Å². The van der Waals surface area contributed by atoms with Gasteiger partial charge in [-0.3, -0.25) is 0 Å². The molecule has 0 heterocycles. The summed E-state index contributed by atoms with van der Waals surface area (Å²) >= 11 is 0. The molecule has 0 aliphatic heterocycles. The Labute approximate surface area is 68.1 Å². The average molecular weight is 171 g/mol. The Morgan fingerprint density at radius 2 is 1.83 bits per heavy atom. The highest BCUT2D eigenvalue weighted by atomic mass is 19.3. The number of halogens is 2. The average Bonchev–Trinajstić information content (AvgIpc) is 2.07. The zero-order chi connectivity index (χ0) is 8.97. The minimum Gasteiger partial charge on any atom is -0.410 e. The maximum Gasteiger partial charge on any atom is 0.284 e. The maximum atomic E-state index is 12.1. The quantitative estimate of drug-likeness (QED) is 0.412. The summed E-state index contributed by atoms with van der Waals surface area (Å²) in [5.74, 6) is 0. The molecule has 0 radical (unpaired) electrons. The van der Waals surface area contributed by atoms with Gasteiger partial charge in [-0.2, -0.15) is 0 Å². The SMILES string of the molecule is ON=C(c1ccccc1)C(F)F. The van der Waals surface area contributed by atoms with Gasteiger partial charge in [-0.25, -0.2) is 8.78 Å². The van der Waals surface area contributed by atoms with E-state index >= 15 is 0 Å². The second kappa shape index (κ2) is 3.80. The van der Waals surface area contributed by atoms with Crippen LogP contribution in [0.2, 0.25) is 0 Å². The third-order valence-electron chi connectivity index (χ3n) is 1.38. The molecule has 4 heteroatoms. The van der Waals surface area contributed by atoms with Gasteiger partial charge >= 0.3 is 0 Å². The maximum absolute atomic E-state index is 12.1. The number of benzene rings is 1. The highest BCUT2D eigenvalue weighted by Crippen LogP contribution is 2.07. The van der Waals surface area contributed by atoms with Crippen LogP contribution >= 0.6 is 0 Å². The molecule has 0 amide bonds. The molecule has 0 saturated carbocycles. The van der Waals surface area contributed by atoms with Crippen molar-refractivity contribution >= 4 is 5.71 Å². The normalized spacial score (nSPS) is 12.1. The van der Waals surface area contributed by atoms with Crippen LogP contribution in [0.25, 0.3) is 0 Å². The molecule has 12 heavy (non-hydrogen) atoms. The van der Waals surface area contributed by atoms with Crippen molar-refractivity contribution < 1.29 is 14.0 Å². The fourth-order valence-corrected chi connectivity index (χ4v) is 0.836. The summed E-state index contributed by atoms with van der Waals surface area (Å²) in [7, 11) is 0. The van der Waals surface area contributed by atoms with Crippen LogP contribution in [0.4, 0.5) is 8.78 Å². The molecular formula is C8H7F2NO. The lowest BCUT2D eigenvalue weighted by Gasteiger charge is -2.01. The number of nitrogens with zero attached hydrogens (tertiary/aromatic N) is 1. The number of alkyl halides is 2. The first-order valence-electron chi connectivity index (χ1n) is 3.31. The topological polar surface area (TPSA) is 32.6 Å². The lowest BCUT2D eigenvalue weighted by atomic mass is 10.1. The first kappa shape index (κ1) is 8.64. The fraction of sp³-hybridized carbons (Fsp3) is 0.125. The van der Waals surface area contributed by atoms with Gasteiger partial charge in [0.15, 0.2) is 5.71 Å². The van der Waals surface area contributed by atoms with Gasteiger partial charge in [-0.1, -0.05) is 35.5 Å². The molecule has 1 N–H and O–H groups in total. The molecule has 0 aromatic heterocycles. The molecule has 0 atom stereocenters. The Morgan fingerprint density at radius 3 is 2.25 bits per heavy atom. The zero-order valence-electron chi connectivity index (χ0n) is 6.11. The summed E-state index contributed by atoms with van der Waals surface area (Å²) in [6.45, 7) is 0. The van der Waals surface area contributed by atoms with E-state index in [0.717, 1.165) is 0 Å². The van der Waals surface area contributed by atoms with Crippen molar-refractivity contribution in [2.75, 3.05) is 0 Å². The molecule has 0 aliphatic rings. The summed E-state index contributed by atoms with van der Waals surface area (Å²) in [5.41, 5.74) is -0.370. The van der Waals surface area contributed by atoms with Crippen molar-refractivity contribution in [3.63, 3.8) is 0 Å². The third-order valence-corrected chi connectivity index (χ3v) is 1.38. The van der Waals surface area contributed by atoms with Gasteiger partial charge in [0, 0.05) is 5.56 Å². The fourth-order valence-electron chi connectivity index (χ4n) is 0.836. The summed E-state index contributed by atoms with van der Waals surface area (Å²) in [6, 6.07) is 7.82. The van der Waals surface area contributed by atoms with Crippen molar-refractivity contribution in [2.24, 2.45) is 5.16 Å². The second-order valence-electron chi connectivity index (χ2n) is 2.15. The highest BCUT2D eigenvalue weighted by Gasteiger charge is 2.15. The van der Waals surface area contributed by atoms with Crippen molar-refractivity contribution in [2.45, 2.75) is 6.43 Å². The van der Waals surface area contributed by atoms with Gasteiger partial charge in [0.25, 0.3) is 6.43 Å². The highest BCUT2D eigenvalue weighted by molar-refractivity contribution is 6.02. The van der Waals surface area contributed by atoms with Gasteiger partial charge in [0.2, 0.25) is 0 Å². The predicted molar refractivity (Wildman–Crippen MR) is 40.8 cm³/mol. The van der Waals surface area contributed by atoms with Crippen molar-refractivity contribution in [3.8, 4) is 0 Å². The molecule has 0 bridgehead atoms. The summed E-state index contributed by atoms with van der Waals surface area (Å²) in [4.78, 5) is 0. The molecule has 0 saturated heterocycles. The monoisotopic (exact) mass is 171 g/mol. The van der Waals surface area contributed by atoms with Crippen LogP contribution in [0.5, 0.6) is 0 Å². The molecule has 1 aromatic carbocycles. The minimum atomic E-state index is -2.75. The van der Waals surface area contributed by atoms with Crippen LogP contribution in [0.1, 0.15) is 5.56 Å². The molecule has 0 unspecified atom stereocenters. The molecule has 0 spiro atoms. The van der Waals surface area contributed by atoms with Gasteiger partial charge in [0.1, 0.15) is 0 Å². The summed E-state index contributed by atoms with van der Waals surface area (Å²) in [5, 5.41) is 10.8. The Balaban J connectivity index is 2.97. The predicted octanol–water partition coefficient (Wildman–Crippen LogP) is 2.13. The van der Waals surface area contributed by atoms with Crippen LogP contribution in [0.15, 0.2) is 35.5 Å². The number of hydrogen-bond acceptors (Lipinski definition) is 2. The Hall–Kier alpha value is -1.45. The van der Waals surface area contributed by atoms with E-state index in [1.807, 2.05) is 0 Å². The van der Waals surface area contributed by atoms with Gasteiger partial charge in [-0.05, 0) is 0 Å². The van der Waals surface area contributed by atoms with E-state index in [0.29, 0.717) is 0 Å².